The Morgan fingerprint density at radius 3 is 2.00 bits per heavy atom. The fourth-order valence-electron chi connectivity index (χ4n) is 3.14. The number of benzene rings is 1. The van der Waals surface area contributed by atoms with Gasteiger partial charge in [-0.25, -0.2) is 0 Å². The molecule has 0 saturated carbocycles. The van der Waals surface area contributed by atoms with E-state index in [4.69, 9.17) is 14.2 Å². The molecule has 0 aliphatic carbocycles. The van der Waals surface area contributed by atoms with Gasteiger partial charge >= 0.3 is 0 Å². The number of likely N-dealkylation sites (tertiary alicyclic amines) is 1. The molecule has 1 heterocycles. The highest BCUT2D eigenvalue weighted by molar-refractivity contribution is 6.10. The lowest BCUT2D eigenvalue weighted by Crippen LogP contribution is -2.49. The Morgan fingerprint density at radius 2 is 1.56 bits per heavy atom. The van der Waals surface area contributed by atoms with Gasteiger partial charge in [0.25, 0.3) is 0 Å². The number of carbonyl (C=O) groups excluding carboxylic acids is 2. The van der Waals surface area contributed by atoms with Crippen molar-refractivity contribution in [2.45, 2.75) is 33.6 Å². The molecule has 7 nitrogen and oxygen atoms in total. The first-order valence-corrected chi connectivity index (χ1v) is 9.15. The summed E-state index contributed by atoms with van der Waals surface area (Å²) in [7, 11) is 4.53. The first-order chi connectivity index (χ1) is 12.7. The van der Waals surface area contributed by atoms with Crippen LogP contribution in [0.4, 0.5) is 5.69 Å². The summed E-state index contributed by atoms with van der Waals surface area (Å²) in [5, 5.41) is 2.81. The van der Waals surface area contributed by atoms with Crippen molar-refractivity contribution in [1.82, 2.24) is 4.90 Å². The molecule has 2 rings (SSSR count). The number of carbonyl (C=O) groups is 2. The molecule has 0 unspecified atom stereocenters. The molecule has 1 fully saturated rings. The zero-order valence-electron chi connectivity index (χ0n) is 17.0. The number of hydrogen-bond donors (Lipinski definition) is 1. The predicted octanol–water partition coefficient (Wildman–Crippen LogP) is 2.94. The standard InChI is InChI=1S/C20H30N2O5/c1-13-7-9-22(10-8-13)19(24)20(2,3)18(23)21-14-11-15(25-4)17(27-6)16(12-14)26-5/h11-13H,7-10H2,1-6H3,(H,21,23). The van der Waals surface area contributed by atoms with Gasteiger partial charge in [-0.05, 0) is 32.6 Å². The van der Waals surface area contributed by atoms with Gasteiger partial charge < -0.3 is 24.4 Å². The Hall–Kier alpha value is -2.44. The average Bonchev–Trinajstić information content (AvgIpc) is 2.66. The minimum absolute atomic E-state index is 0.153. The molecule has 1 aromatic carbocycles. The zero-order valence-corrected chi connectivity index (χ0v) is 17.0. The summed E-state index contributed by atoms with van der Waals surface area (Å²) in [5.41, 5.74) is -0.705. The highest BCUT2D eigenvalue weighted by atomic mass is 16.5. The van der Waals surface area contributed by atoms with E-state index >= 15 is 0 Å². The van der Waals surface area contributed by atoms with E-state index in [0.29, 0.717) is 41.9 Å². The molecule has 0 atom stereocenters. The van der Waals surface area contributed by atoms with Crippen molar-refractivity contribution in [1.29, 1.82) is 0 Å². The maximum atomic E-state index is 12.9. The normalized spacial score (nSPS) is 15.3. The number of rotatable bonds is 6. The van der Waals surface area contributed by atoms with Gasteiger partial charge in [-0.15, -0.1) is 0 Å². The third-order valence-electron chi connectivity index (χ3n) is 5.10. The molecule has 0 aromatic heterocycles. The van der Waals surface area contributed by atoms with Gasteiger partial charge in [-0.1, -0.05) is 6.92 Å². The van der Waals surface area contributed by atoms with Crippen LogP contribution in [0, 0.1) is 11.3 Å². The summed E-state index contributed by atoms with van der Waals surface area (Å²) >= 11 is 0. The van der Waals surface area contributed by atoms with Crippen LogP contribution >= 0.6 is 0 Å². The lowest BCUT2D eigenvalue weighted by molar-refractivity contribution is -0.147. The smallest absolute Gasteiger partial charge is 0.239 e. The minimum Gasteiger partial charge on any atom is -0.493 e. The fourth-order valence-corrected chi connectivity index (χ4v) is 3.14. The molecule has 2 amide bonds. The summed E-state index contributed by atoms with van der Waals surface area (Å²) in [6, 6.07) is 3.28. The van der Waals surface area contributed by atoms with Crippen LogP contribution in [0.1, 0.15) is 33.6 Å². The molecule has 7 heteroatoms. The van der Waals surface area contributed by atoms with E-state index in [0.717, 1.165) is 12.8 Å². The van der Waals surface area contributed by atoms with E-state index in [1.807, 2.05) is 0 Å². The van der Waals surface area contributed by atoms with Crippen LogP contribution in [0.3, 0.4) is 0 Å². The van der Waals surface area contributed by atoms with E-state index < -0.39 is 5.41 Å². The van der Waals surface area contributed by atoms with Crippen molar-refractivity contribution in [2.75, 3.05) is 39.7 Å². The number of amides is 2. The molecule has 0 radical (unpaired) electrons. The summed E-state index contributed by atoms with van der Waals surface area (Å²) < 4.78 is 15.9. The molecule has 1 saturated heterocycles. The van der Waals surface area contributed by atoms with E-state index in [1.54, 1.807) is 30.9 Å². The molecule has 0 bridgehead atoms. The molecule has 1 N–H and O–H groups in total. The lowest BCUT2D eigenvalue weighted by atomic mass is 9.88. The first-order valence-electron chi connectivity index (χ1n) is 9.15. The fraction of sp³-hybridized carbons (Fsp3) is 0.600. The number of piperidine rings is 1. The van der Waals surface area contributed by atoms with Crippen LogP contribution < -0.4 is 19.5 Å². The maximum Gasteiger partial charge on any atom is 0.239 e. The van der Waals surface area contributed by atoms with Gasteiger partial charge in [0.2, 0.25) is 17.6 Å². The SMILES string of the molecule is COc1cc(NC(=O)C(C)(C)C(=O)N2CCC(C)CC2)cc(OC)c1OC. The van der Waals surface area contributed by atoms with Gasteiger partial charge in [-0.3, -0.25) is 9.59 Å². The van der Waals surface area contributed by atoms with Gasteiger partial charge in [0, 0.05) is 30.9 Å². The van der Waals surface area contributed by atoms with Gasteiger partial charge in [0.05, 0.1) is 21.3 Å². The second kappa shape index (κ2) is 8.50. The third-order valence-corrected chi connectivity index (χ3v) is 5.10. The summed E-state index contributed by atoms with van der Waals surface area (Å²) in [5.74, 6) is 1.39. The van der Waals surface area contributed by atoms with Crippen LogP contribution in [-0.2, 0) is 9.59 Å². The number of hydrogen-bond acceptors (Lipinski definition) is 5. The Kier molecular flexibility index (Phi) is 6.57. The second-order valence-corrected chi connectivity index (χ2v) is 7.47. The summed E-state index contributed by atoms with van der Waals surface area (Å²) in [6.07, 6.45) is 1.94. The molecule has 150 valence electrons. The molecular formula is C20H30N2O5. The van der Waals surface area contributed by atoms with Crippen LogP contribution in [0.5, 0.6) is 17.2 Å². The van der Waals surface area contributed by atoms with Crippen LogP contribution in [0.15, 0.2) is 12.1 Å². The largest absolute Gasteiger partial charge is 0.493 e. The van der Waals surface area contributed by atoms with Crippen molar-refractivity contribution < 1.29 is 23.8 Å². The van der Waals surface area contributed by atoms with Crippen molar-refractivity contribution in [3.63, 3.8) is 0 Å². The quantitative estimate of drug-likeness (QED) is 0.770. The number of anilines is 1. The van der Waals surface area contributed by atoms with E-state index in [1.165, 1.54) is 21.3 Å². The lowest BCUT2D eigenvalue weighted by Gasteiger charge is -2.35. The number of nitrogens with zero attached hydrogens (tertiary/aromatic N) is 1. The predicted molar refractivity (Wildman–Crippen MR) is 103 cm³/mol. The minimum atomic E-state index is -1.18. The van der Waals surface area contributed by atoms with E-state index in [9.17, 15) is 9.59 Å². The Labute approximate surface area is 161 Å². The molecule has 1 aromatic rings. The van der Waals surface area contributed by atoms with Crippen LogP contribution in [0.2, 0.25) is 0 Å². The molecule has 27 heavy (non-hydrogen) atoms. The van der Waals surface area contributed by atoms with Gasteiger partial charge in [0.1, 0.15) is 5.41 Å². The molecule has 1 aliphatic rings. The number of methoxy groups -OCH3 is 3. The highest BCUT2D eigenvalue weighted by Gasteiger charge is 2.40. The van der Waals surface area contributed by atoms with Crippen molar-refractivity contribution in [3.05, 3.63) is 12.1 Å². The highest BCUT2D eigenvalue weighted by Crippen LogP contribution is 2.40. The van der Waals surface area contributed by atoms with Crippen molar-refractivity contribution in [2.24, 2.45) is 11.3 Å². The Balaban J connectivity index is 2.18. The summed E-state index contributed by atoms with van der Waals surface area (Å²) in [4.78, 5) is 27.6. The van der Waals surface area contributed by atoms with Gasteiger partial charge in [-0.2, -0.15) is 0 Å². The zero-order chi connectivity index (χ0) is 20.2. The van der Waals surface area contributed by atoms with Crippen molar-refractivity contribution in [3.8, 4) is 17.2 Å². The topological polar surface area (TPSA) is 77.1 Å². The van der Waals surface area contributed by atoms with Crippen molar-refractivity contribution >= 4 is 17.5 Å². The number of ether oxygens (including phenoxy) is 3. The molecule has 0 spiro atoms. The Morgan fingerprint density at radius 1 is 1.04 bits per heavy atom. The first kappa shape index (κ1) is 20.9. The average molecular weight is 378 g/mol. The van der Waals surface area contributed by atoms with E-state index in [-0.39, 0.29) is 11.8 Å². The number of nitrogens with one attached hydrogen (secondary N) is 1. The third kappa shape index (κ3) is 4.46. The van der Waals surface area contributed by atoms with Gasteiger partial charge in [0.15, 0.2) is 11.5 Å². The molecular weight excluding hydrogens is 348 g/mol. The Bertz CT molecular complexity index is 669. The maximum absolute atomic E-state index is 12.9. The summed E-state index contributed by atoms with van der Waals surface area (Å²) in [6.45, 7) is 6.88. The second-order valence-electron chi connectivity index (χ2n) is 7.47. The van der Waals surface area contributed by atoms with E-state index in [2.05, 4.69) is 12.2 Å². The van der Waals surface area contributed by atoms with Crippen LogP contribution in [-0.4, -0.2) is 51.1 Å². The molecule has 1 aliphatic heterocycles. The monoisotopic (exact) mass is 378 g/mol. The van der Waals surface area contributed by atoms with Crippen LogP contribution in [0.25, 0.3) is 0 Å².